The zero-order valence-corrected chi connectivity index (χ0v) is 11.8. The average molecular weight is 272 g/mol. The van der Waals surface area contributed by atoms with Crippen LogP contribution >= 0.6 is 11.8 Å². The zero-order valence-electron chi connectivity index (χ0n) is 11.0. The van der Waals surface area contributed by atoms with Gasteiger partial charge in [0, 0.05) is 24.4 Å². The second-order valence-corrected chi connectivity index (χ2v) is 6.39. The summed E-state index contributed by atoms with van der Waals surface area (Å²) in [6.45, 7) is 0.125. The molecule has 2 aliphatic carbocycles. The summed E-state index contributed by atoms with van der Waals surface area (Å²) in [5.74, 6) is 2.30. The third-order valence-corrected chi connectivity index (χ3v) is 4.47. The number of nitrogens with one attached hydrogen (secondary N) is 2. The largest absolute Gasteiger partial charge is 0.396 e. The second-order valence-electron chi connectivity index (χ2n) is 5.48. The van der Waals surface area contributed by atoms with E-state index < -0.39 is 0 Å². The summed E-state index contributed by atoms with van der Waals surface area (Å²) < 4.78 is 0. The Kier molecular flexibility index (Phi) is 5.18. The Morgan fingerprint density at radius 2 is 1.89 bits per heavy atom. The van der Waals surface area contributed by atoms with Gasteiger partial charge in [0.05, 0.1) is 0 Å². The van der Waals surface area contributed by atoms with E-state index >= 15 is 0 Å². The van der Waals surface area contributed by atoms with Crippen LogP contribution in [0.15, 0.2) is 0 Å². The Hall–Kier alpha value is -0.420. The molecule has 2 fully saturated rings. The number of carbonyl (C=O) groups is 1. The molecule has 0 heterocycles. The number of hydrogen-bond acceptors (Lipinski definition) is 3. The highest BCUT2D eigenvalue weighted by atomic mass is 32.2. The maximum atomic E-state index is 12.0. The van der Waals surface area contributed by atoms with Crippen molar-refractivity contribution < 1.29 is 9.90 Å². The van der Waals surface area contributed by atoms with Crippen molar-refractivity contribution in [3.8, 4) is 0 Å². The third-order valence-electron chi connectivity index (χ3n) is 3.74. The number of hydrogen-bond donors (Lipinski definition) is 3. The fourth-order valence-electron chi connectivity index (χ4n) is 2.46. The lowest BCUT2D eigenvalue weighted by Gasteiger charge is -2.22. The van der Waals surface area contributed by atoms with E-state index in [9.17, 15) is 4.79 Å². The van der Waals surface area contributed by atoms with Crippen LogP contribution in [0.2, 0.25) is 0 Å². The summed E-state index contributed by atoms with van der Waals surface area (Å²) in [5.41, 5.74) is 0. The van der Waals surface area contributed by atoms with Crippen LogP contribution in [-0.2, 0) is 0 Å². The molecular weight excluding hydrogens is 248 g/mol. The molecule has 0 spiro atoms. The predicted octanol–water partition coefficient (Wildman–Crippen LogP) is 1.59. The smallest absolute Gasteiger partial charge is 0.315 e. The van der Waals surface area contributed by atoms with Crippen LogP contribution in [0.3, 0.4) is 0 Å². The highest BCUT2D eigenvalue weighted by Gasteiger charge is 2.42. The van der Waals surface area contributed by atoms with Gasteiger partial charge in [-0.25, -0.2) is 4.79 Å². The fraction of sp³-hybridized carbons (Fsp3) is 0.923. The van der Waals surface area contributed by atoms with Crippen molar-refractivity contribution in [1.82, 2.24) is 10.6 Å². The van der Waals surface area contributed by atoms with Crippen molar-refractivity contribution in [2.45, 2.75) is 44.2 Å². The van der Waals surface area contributed by atoms with Crippen LogP contribution in [0.5, 0.6) is 0 Å². The Balaban J connectivity index is 1.74. The van der Waals surface area contributed by atoms with Gasteiger partial charge in [-0.1, -0.05) is 0 Å². The first kappa shape index (κ1) is 14.0. The number of urea groups is 1. The Labute approximate surface area is 113 Å². The van der Waals surface area contributed by atoms with Gasteiger partial charge in [0.1, 0.15) is 0 Å². The zero-order chi connectivity index (χ0) is 13.0. The molecule has 18 heavy (non-hydrogen) atoms. The number of amides is 2. The van der Waals surface area contributed by atoms with E-state index in [1.165, 1.54) is 25.7 Å². The van der Waals surface area contributed by atoms with E-state index in [1.807, 2.05) is 6.26 Å². The second kappa shape index (κ2) is 6.66. The van der Waals surface area contributed by atoms with Gasteiger partial charge in [-0.3, -0.25) is 0 Å². The van der Waals surface area contributed by atoms with Gasteiger partial charge >= 0.3 is 6.03 Å². The van der Waals surface area contributed by atoms with E-state index in [1.54, 1.807) is 11.8 Å². The number of rotatable bonds is 8. The van der Waals surface area contributed by atoms with Crippen LogP contribution in [0.1, 0.15) is 32.1 Å². The van der Waals surface area contributed by atoms with Crippen molar-refractivity contribution >= 4 is 17.8 Å². The van der Waals surface area contributed by atoms with Crippen molar-refractivity contribution in [2.75, 3.05) is 18.6 Å². The molecule has 1 atom stereocenters. The van der Waals surface area contributed by atoms with Gasteiger partial charge in [-0.2, -0.15) is 11.8 Å². The van der Waals surface area contributed by atoms with Gasteiger partial charge in [0.2, 0.25) is 0 Å². The molecule has 0 radical (unpaired) electrons. The first-order valence-corrected chi connectivity index (χ1v) is 8.30. The predicted molar refractivity (Wildman–Crippen MR) is 74.8 cm³/mol. The maximum absolute atomic E-state index is 12.0. The lowest BCUT2D eigenvalue weighted by Crippen LogP contribution is -2.48. The molecule has 2 rings (SSSR count). The van der Waals surface area contributed by atoms with Gasteiger partial charge in [-0.15, -0.1) is 0 Å². The van der Waals surface area contributed by atoms with E-state index in [4.69, 9.17) is 5.11 Å². The molecule has 2 aliphatic rings. The minimum Gasteiger partial charge on any atom is -0.396 e. The topological polar surface area (TPSA) is 61.4 Å². The monoisotopic (exact) mass is 272 g/mol. The molecule has 4 nitrogen and oxygen atoms in total. The van der Waals surface area contributed by atoms with Crippen LogP contribution in [-0.4, -0.2) is 41.8 Å². The van der Waals surface area contributed by atoms with Gasteiger partial charge in [0.25, 0.3) is 0 Å². The molecule has 0 saturated heterocycles. The van der Waals surface area contributed by atoms with Crippen molar-refractivity contribution in [3.63, 3.8) is 0 Å². The molecule has 2 saturated carbocycles. The molecule has 0 aromatic carbocycles. The van der Waals surface area contributed by atoms with Crippen LogP contribution < -0.4 is 10.6 Å². The molecule has 104 valence electrons. The van der Waals surface area contributed by atoms with Crippen molar-refractivity contribution in [2.24, 2.45) is 11.8 Å². The van der Waals surface area contributed by atoms with Gasteiger partial charge in [-0.05, 0) is 50.2 Å². The number of carbonyl (C=O) groups excluding carboxylic acids is 1. The summed E-state index contributed by atoms with van der Waals surface area (Å²) in [6.07, 6.45) is 7.73. The van der Waals surface area contributed by atoms with Crippen LogP contribution in [0, 0.1) is 11.8 Å². The van der Waals surface area contributed by atoms with E-state index in [-0.39, 0.29) is 18.7 Å². The summed E-state index contributed by atoms with van der Waals surface area (Å²) >= 11 is 1.69. The normalized spacial score (nSPS) is 20.8. The Bertz CT molecular complexity index is 262. The standard InChI is InChI=1S/C13H24N2O2S/c1-18-8-11(6-7-16)14-13(17)15-12(9-2-3-9)10-4-5-10/h9-12,16H,2-8H2,1H3,(H2,14,15,17). The molecule has 1 unspecified atom stereocenters. The first-order chi connectivity index (χ1) is 8.74. The summed E-state index contributed by atoms with van der Waals surface area (Å²) in [5, 5.41) is 15.1. The minimum absolute atomic E-state index is 0.0497. The molecule has 0 aromatic heterocycles. The maximum Gasteiger partial charge on any atom is 0.315 e. The lowest BCUT2D eigenvalue weighted by molar-refractivity contribution is 0.224. The summed E-state index contributed by atoms with van der Waals surface area (Å²) in [7, 11) is 0. The Morgan fingerprint density at radius 3 is 2.33 bits per heavy atom. The highest BCUT2D eigenvalue weighted by Crippen LogP contribution is 2.44. The molecule has 0 bridgehead atoms. The van der Waals surface area contributed by atoms with Gasteiger partial charge in [0.15, 0.2) is 0 Å². The van der Waals surface area contributed by atoms with Crippen molar-refractivity contribution in [3.05, 3.63) is 0 Å². The number of aliphatic hydroxyl groups is 1. The molecule has 0 aromatic rings. The van der Waals surface area contributed by atoms with Crippen LogP contribution in [0.4, 0.5) is 4.79 Å². The summed E-state index contributed by atoms with van der Waals surface area (Å²) in [4.78, 5) is 12.0. The van der Waals surface area contributed by atoms with E-state index in [0.29, 0.717) is 12.5 Å². The molecule has 0 aliphatic heterocycles. The summed E-state index contributed by atoms with van der Waals surface area (Å²) in [6, 6.07) is 0.421. The number of aliphatic hydroxyl groups excluding tert-OH is 1. The fourth-order valence-corrected chi connectivity index (χ4v) is 3.12. The quantitative estimate of drug-likeness (QED) is 0.629. The molecule has 3 N–H and O–H groups in total. The Morgan fingerprint density at radius 1 is 1.28 bits per heavy atom. The first-order valence-electron chi connectivity index (χ1n) is 6.91. The van der Waals surface area contributed by atoms with Crippen molar-refractivity contribution in [1.29, 1.82) is 0 Å². The SMILES string of the molecule is CSCC(CCO)NC(=O)NC(C1CC1)C1CC1. The number of thioether (sulfide) groups is 1. The van der Waals surface area contributed by atoms with E-state index in [2.05, 4.69) is 10.6 Å². The molecule has 5 heteroatoms. The minimum atomic E-state index is -0.0497. The van der Waals surface area contributed by atoms with E-state index in [0.717, 1.165) is 17.6 Å². The average Bonchev–Trinajstić information content (AvgIpc) is 3.18. The highest BCUT2D eigenvalue weighted by molar-refractivity contribution is 7.98. The van der Waals surface area contributed by atoms with Crippen LogP contribution in [0.25, 0.3) is 0 Å². The molecular formula is C13H24N2O2S. The third kappa shape index (κ3) is 4.35. The molecule has 2 amide bonds. The lowest BCUT2D eigenvalue weighted by atomic mass is 10.1. The van der Waals surface area contributed by atoms with Gasteiger partial charge < -0.3 is 15.7 Å².